The Labute approximate surface area is 430 Å². The Hall–Kier alpha value is -6.41. The van der Waals surface area contributed by atoms with Gasteiger partial charge in [0.05, 0.1) is 12.2 Å². The first-order chi connectivity index (χ1) is 35.8. The fourth-order valence-corrected chi connectivity index (χ4v) is 13.3. The number of nitrogens with zero attached hydrogens (tertiary/aromatic N) is 7. The summed E-state index contributed by atoms with van der Waals surface area (Å²) in [5, 5.41) is 18.2. The number of piperazine rings is 2. The summed E-state index contributed by atoms with van der Waals surface area (Å²) in [6, 6.07) is 15.1. The molecule has 0 radical (unpaired) electrons. The van der Waals surface area contributed by atoms with Crippen molar-refractivity contribution < 1.29 is 33.0 Å². The van der Waals surface area contributed by atoms with Crippen LogP contribution in [0.5, 0.6) is 11.8 Å². The largest absolute Gasteiger partial charge is 0.508 e. The third kappa shape index (κ3) is 9.40. The number of hydrogen-bond donors (Lipinski definition) is 3. The van der Waals surface area contributed by atoms with Gasteiger partial charge in [-0.3, -0.25) is 19.8 Å². The minimum atomic E-state index is -0.614. The van der Waals surface area contributed by atoms with Crippen LogP contribution in [0.2, 0.25) is 0 Å². The number of terminal acetylenes is 1. The number of ether oxygens (including phenoxy) is 1. The van der Waals surface area contributed by atoms with E-state index in [4.69, 9.17) is 21.1 Å². The van der Waals surface area contributed by atoms with E-state index >= 15 is 8.78 Å². The highest BCUT2D eigenvalue weighted by Gasteiger charge is 2.46. The van der Waals surface area contributed by atoms with Crippen LogP contribution in [0.4, 0.5) is 25.1 Å². The van der Waals surface area contributed by atoms with E-state index in [1.54, 1.807) is 17.0 Å². The van der Waals surface area contributed by atoms with Crippen molar-refractivity contribution in [2.75, 3.05) is 88.4 Å². The number of amides is 4. The van der Waals surface area contributed by atoms with E-state index in [1.807, 2.05) is 30.0 Å². The molecule has 3 N–H and O–H groups in total. The number of imide groups is 1. The number of aromatic nitrogens is 2. The summed E-state index contributed by atoms with van der Waals surface area (Å²) in [7, 11) is 0. The molecule has 5 aromatic rings. The van der Waals surface area contributed by atoms with Crippen LogP contribution in [0.15, 0.2) is 54.6 Å². The van der Waals surface area contributed by atoms with E-state index in [2.05, 4.69) is 31.3 Å². The molecule has 2 bridgehead atoms. The number of aryl methyl sites for hydroxylation is 1. The number of urea groups is 1. The fraction of sp³-hybridized carbons (Fsp3) is 0.500. The molecule has 5 saturated heterocycles. The number of benzene rings is 4. The van der Waals surface area contributed by atoms with Crippen molar-refractivity contribution in [3.63, 3.8) is 0 Å². The number of nitrogens with one attached hydrogen (secondary N) is 2. The maximum atomic E-state index is 17.2. The van der Waals surface area contributed by atoms with Gasteiger partial charge >= 0.3 is 12.0 Å². The number of fused-ring (bicyclic) bond motifs is 4. The van der Waals surface area contributed by atoms with Gasteiger partial charge in [0.1, 0.15) is 22.9 Å². The monoisotopic (exact) mass is 1010 g/mol. The highest BCUT2D eigenvalue weighted by atomic mass is 19.1. The van der Waals surface area contributed by atoms with Crippen molar-refractivity contribution in [1.82, 2.24) is 35.3 Å². The Morgan fingerprint density at radius 2 is 1.59 bits per heavy atom. The summed E-state index contributed by atoms with van der Waals surface area (Å²) in [5.74, 6) is 2.18. The lowest BCUT2D eigenvalue weighted by atomic mass is 9.65. The van der Waals surface area contributed by atoms with E-state index in [1.165, 1.54) is 49.9 Å². The number of phenolic OH excluding ortho intramolecular Hbond substituents is 1. The van der Waals surface area contributed by atoms with Crippen molar-refractivity contribution in [2.45, 2.75) is 89.6 Å². The number of phenols is 1. The van der Waals surface area contributed by atoms with Gasteiger partial charge in [0.15, 0.2) is 5.82 Å². The highest BCUT2D eigenvalue weighted by molar-refractivity contribution is 6.07. The average molecular weight is 1010 g/mol. The number of anilines is 2. The molecule has 12 rings (SSSR count). The molecule has 5 aliphatic heterocycles. The van der Waals surface area contributed by atoms with Crippen molar-refractivity contribution in [3.05, 3.63) is 82.9 Å². The molecule has 2 unspecified atom stereocenters. The van der Waals surface area contributed by atoms with Gasteiger partial charge in [0.2, 0.25) is 5.91 Å². The van der Waals surface area contributed by atoms with Gasteiger partial charge in [0, 0.05) is 123 Å². The van der Waals surface area contributed by atoms with Gasteiger partial charge in [-0.15, -0.1) is 6.42 Å². The normalized spacial score (nSPS) is 23.1. The molecule has 2 saturated carbocycles. The number of piperidine rings is 1. The van der Waals surface area contributed by atoms with E-state index in [0.29, 0.717) is 69.8 Å². The lowest BCUT2D eigenvalue weighted by molar-refractivity contribution is -0.120. The molecular formula is C58H65F2N9O5. The molecule has 4 aromatic carbocycles. The van der Waals surface area contributed by atoms with Crippen molar-refractivity contribution in [3.8, 4) is 35.2 Å². The number of rotatable bonds is 11. The summed E-state index contributed by atoms with van der Waals surface area (Å²) in [6.45, 7) is 11.7. The second kappa shape index (κ2) is 19.4. The van der Waals surface area contributed by atoms with Crippen LogP contribution in [0.1, 0.15) is 92.1 Å². The highest BCUT2D eigenvalue weighted by Crippen LogP contribution is 2.49. The molecule has 1 aromatic heterocycles. The Bertz CT molecular complexity index is 3080. The standard InChI is InChI=1S/C58H65F2N9O5/c1-3-43-47(59)11-6-38-28-42(70)30-46(50(38)43)44-9-10-45-52(51(44)60)63-55(64-53(45)68-32-40-7-8-41(33-68)61-40)74-35-58(17-18-58)34-66-26-24-65(25-27-66)31-37-12-15-57(16-13-37)19-22-67(23-20-57)54(72)39-5-4-36(2)48(29-39)69-21-14-49(71)62-56(69)73/h1,4-6,9-11,28-30,37,40-41,61,70H,7-8,12-27,31-35H2,2H3,(H,62,71,73). The van der Waals surface area contributed by atoms with Gasteiger partial charge in [-0.1, -0.05) is 24.1 Å². The lowest BCUT2D eigenvalue weighted by Gasteiger charge is -2.47. The Kier molecular flexibility index (Phi) is 12.7. The summed E-state index contributed by atoms with van der Waals surface area (Å²) in [6.07, 6.45) is 17.1. The van der Waals surface area contributed by atoms with Crippen LogP contribution in [0.25, 0.3) is 32.8 Å². The van der Waals surface area contributed by atoms with Gasteiger partial charge in [0.25, 0.3) is 5.91 Å². The first-order valence-electron chi connectivity index (χ1n) is 26.8. The SMILES string of the molecule is C#Cc1c(F)ccc2cc(O)cc(-c3ccc4c(N5CC6CCC(C5)N6)nc(OCC5(CN6CCN(CC7CCC8(CC7)CCN(C(=O)c7ccc(C)c(N9CCC(=O)NC9=O)c7)CC8)CC6)CC5)nc4c3F)c12. The maximum absolute atomic E-state index is 17.2. The van der Waals surface area contributed by atoms with Crippen molar-refractivity contribution >= 4 is 51.0 Å². The minimum Gasteiger partial charge on any atom is -0.508 e. The van der Waals surface area contributed by atoms with Gasteiger partial charge < -0.3 is 34.8 Å². The third-order valence-corrected chi connectivity index (χ3v) is 17.9. The molecule has 6 heterocycles. The Morgan fingerprint density at radius 1 is 0.851 bits per heavy atom. The number of likely N-dealkylation sites (tertiary alicyclic amines) is 1. The van der Waals surface area contributed by atoms with Gasteiger partial charge in [-0.05, 0) is 135 Å². The van der Waals surface area contributed by atoms with Crippen LogP contribution in [-0.2, 0) is 4.79 Å². The average Bonchev–Trinajstić information content (AvgIpc) is 4.09. The first kappa shape index (κ1) is 48.5. The quantitative estimate of drug-likeness (QED) is 0.111. The zero-order valence-electron chi connectivity index (χ0n) is 42.2. The second-order valence-corrected chi connectivity index (χ2v) is 22.7. The van der Waals surface area contributed by atoms with Crippen LogP contribution >= 0.6 is 0 Å². The number of carbonyl (C=O) groups excluding carboxylic acids is 3. The van der Waals surface area contributed by atoms with E-state index in [9.17, 15) is 19.5 Å². The molecule has 16 heteroatoms. The van der Waals surface area contributed by atoms with Crippen molar-refractivity contribution in [2.24, 2.45) is 16.7 Å². The first-order valence-corrected chi connectivity index (χ1v) is 26.8. The molecule has 7 fully saturated rings. The summed E-state index contributed by atoms with van der Waals surface area (Å²) in [5.41, 5.74) is 2.95. The molecule has 1 spiro atoms. The third-order valence-electron chi connectivity index (χ3n) is 17.9. The number of aromatic hydroxyl groups is 1. The molecule has 14 nitrogen and oxygen atoms in total. The predicted octanol–water partition coefficient (Wildman–Crippen LogP) is 8.00. The minimum absolute atomic E-state index is 0.00176. The fourth-order valence-electron chi connectivity index (χ4n) is 13.3. The number of halogens is 2. The Morgan fingerprint density at radius 3 is 2.31 bits per heavy atom. The van der Waals surface area contributed by atoms with Gasteiger partial charge in [-0.2, -0.15) is 9.97 Å². The molecule has 2 atom stereocenters. The number of hydrogen-bond acceptors (Lipinski definition) is 11. The molecule has 7 aliphatic rings. The Balaban J connectivity index is 0.657. The molecule has 74 heavy (non-hydrogen) atoms. The topological polar surface area (TPSA) is 147 Å². The van der Waals surface area contributed by atoms with E-state index in [0.717, 1.165) is 110 Å². The summed E-state index contributed by atoms with van der Waals surface area (Å²) < 4.78 is 38.9. The van der Waals surface area contributed by atoms with Crippen LogP contribution in [0.3, 0.4) is 0 Å². The molecule has 386 valence electrons. The summed E-state index contributed by atoms with van der Waals surface area (Å²) >= 11 is 0. The van der Waals surface area contributed by atoms with Crippen LogP contribution in [0, 0.1) is 47.6 Å². The van der Waals surface area contributed by atoms with Crippen LogP contribution in [-0.4, -0.2) is 138 Å². The predicted molar refractivity (Wildman–Crippen MR) is 280 cm³/mol. The molecule has 2 aliphatic carbocycles. The lowest BCUT2D eigenvalue weighted by Crippen LogP contribution is -2.51. The molecular weight excluding hydrogens is 941 g/mol. The van der Waals surface area contributed by atoms with Crippen molar-refractivity contribution in [1.29, 1.82) is 0 Å². The van der Waals surface area contributed by atoms with E-state index in [-0.39, 0.29) is 57.6 Å². The summed E-state index contributed by atoms with van der Waals surface area (Å²) in [4.78, 5) is 58.9. The zero-order chi connectivity index (χ0) is 50.9. The second-order valence-electron chi connectivity index (χ2n) is 22.7. The van der Waals surface area contributed by atoms with Gasteiger partial charge in [-0.25, -0.2) is 13.6 Å². The zero-order valence-corrected chi connectivity index (χ0v) is 42.2. The van der Waals surface area contributed by atoms with Crippen LogP contribution < -0.4 is 25.2 Å². The number of carbonyl (C=O) groups is 3. The van der Waals surface area contributed by atoms with E-state index < -0.39 is 17.7 Å². The smallest absolute Gasteiger partial charge is 0.328 e. The maximum Gasteiger partial charge on any atom is 0.328 e. The molecule has 4 amide bonds.